The van der Waals surface area contributed by atoms with Gasteiger partial charge in [-0.25, -0.2) is 0 Å². The molecule has 0 unspecified atom stereocenters. The molecule has 2 aliphatic rings. The number of hydrogen-bond donors (Lipinski definition) is 2. The second-order valence-electron chi connectivity index (χ2n) is 5.76. The van der Waals surface area contributed by atoms with E-state index in [0.29, 0.717) is 5.57 Å². The summed E-state index contributed by atoms with van der Waals surface area (Å²) in [6.07, 6.45) is 1.81. The first-order valence-corrected chi connectivity index (χ1v) is 6.54. The summed E-state index contributed by atoms with van der Waals surface area (Å²) in [6.45, 7) is 4.25. The smallest absolute Gasteiger partial charge is 0.124 e. The predicted octanol–water partition coefficient (Wildman–Crippen LogP) is 3.06. The lowest BCUT2D eigenvalue weighted by Gasteiger charge is -2.27. The van der Waals surface area contributed by atoms with Crippen molar-refractivity contribution in [2.45, 2.75) is 19.3 Å². The average Bonchev–Trinajstić information content (AvgIpc) is 2.64. The lowest BCUT2D eigenvalue weighted by atomic mass is 9.77. The minimum atomic E-state index is -0.191. The number of rotatable bonds is 1. The number of allylic oxidation sites excluding steroid dienone is 3. The van der Waals surface area contributed by atoms with Crippen LogP contribution in [0.25, 0.3) is 0 Å². The van der Waals surface area contributed by atoms with E-state index in [2.05, 4.69) is 30.9 Å². The molecule has 0 atom stereocenters. The van der Waals surface area contributed by atoms with E-state index in [0.717, 1.165) is 11.4 Å². The van der Waals surface area contributed by atoms with E-state index in [9.17, 15) is 10.2 Å². The van der Waals surface area contributed by atoms with Gasteiger partial charge in [-0.1, -0.05) is 32.0 Å². The molecule has 1 aromatic rings. The lowest BCUT2D eigenvalue weighted by Crippen LogP contribution is -2.24. The normalized spacial score (nSPS) is 22.4. The fraction of sp³-hybridized carbons (Fsp3) is 0.250. The fourth-order valence-electron chi connectivity index (χ4n) is 2.98. The van der Waals surface area contributed by atoms with Crippen LogP contribution in [0.2, 0.25) is 0 Å². The molecule has 2 N–H and O–H groups in total. The Balaban J connectivity index is 2.10. The maximum absolute atomic E-state index is 9.75. The van der Waals surface area contributed by atoms with E-state index in [1.165, 1.54) is 5.56 Å². The van der Waals surface area contributed by atoms with E-state index in [1.807, 2.05) is 19.2 Å². The summed E-state index contributed by atoms with van der Waals surface area (Å²) in [6, 6.07) is 8.19. The van der Waals surface area contributed by atoms with Gasteiger partial charge in [0.25, 0.3) is 0 Å². The van der Waals surface area contributed by atoms with Gasteiger partial charge in [0.1, 0.15) is 19.4 Å². The SMILES string of the molecule is [B]C1=C(O)C(C=C2N(C)c3ccccc3C2(C)C)=C1O. The zero-order valence-electron chi connectivity index (χ0n) is 11.8. The molecule has 0 spiro atoms. The molecule has 1 aliphatic carbocycles. The van der Waals surface area contributed by atoms with E-state index in [-0.39, 0.29) is 22.4 Å². The first-order chi connectivity index (χ1) is 9.35. The molecule has 3 rings (SSSR count). The van der Waals surface area contributed by atoms with Gasteiger partial charge in [0.2, 0.25) is 0 Å². The van der Waals surface area contributed by atoms with Crippen molar-refractivity contribution in [2.24, 2.45) is 0 Å². The van der Waals surface area contributed by atoms with Gasteiger partial charge in [0.15, 0.2) is 0 Å². The van der Waals surface area contributed by atoms with Gasteiger partial charge in [-0.3, -0.25) is 0 Å². The summed E-state index contributed by atoms with van der Waals surface area (Å²) >= 11 is 0. The standard InChI is InChI=1S/C16H16BNO2/c1-16(2)10-6-4-5-7-11(10)18(3)12(16)8-9-14(19)13(17)15(9)20/h4-8,19-20H,1-3H3. The molecule has 4 heteroatoms. The Labute approximate surface area is 120 Å². The minimum Gasteiger partial charge on any atom is -0.508 e. The van der Waals surface area contributed by atoms with Crippen LogP contribution in [-0.2, 0) is 5.41 Å². The van der Waals surface area contributed by atoms with Crippen LogP contribution in [0.4, 0.5) is 5.69 Å². The zero-order valence-corrected chi connectivity index (χ0v) is 11.8. The summed E-state index contributed by atoms with van der Waals surface area (Å²) in [4.78, 5) is 2.08. The molecule has 1 heterocycles. The molecule has 1 aromatic carbocycles. The van der Waals surface area contributed by atoms with Gasteiger partial charge >= 0.3 is 0 Å². The maximum atomic E-state index is 9.75. The minimum absolute atomic E-state index is 0.0323. The highest BCUT2D eigenvalue weighted by molar-refractivity contribution is 6.26. The van der Waals surface area contributed by atoms with Crippen molar-refractivity contribution in [3.05, 3.63) is 64.2 Å². The zero-order chi connectivity index (χ0) is 14.7. The van der Waals surface area contributed by atoms with Crippen molar-refractivity contribution in [3.63, 3.8) is 0 Å². The van der Waals surface area contributed by atoms with Gasteiger partial charge in [-0.2, -0.15) is 0 Å². The Morgan fingerprint density at radius 2 is 1.80 bits per heavy atom. The van der Waals surface area contributed by atoms with Crippen LogP contribution in [0.15, 0.2) is 58.6 Å². The second-order valence-corrected chi connectivity index (χ2v) is 5.76. The monoisotopic (exact) mass is 265 g/mol. The summed E-state index contributed by atoms with van der Waals surface area (Å²) in [7, 11) is 7.48. The molecule has 100 valence electrons. The number of aliphatic hydroxyl groups excluding tert-OH is 2. The topological polar surface area (TPSA) is 43.7 Å². The van der Waals surface area contributed by atoms with E-state index in [4.69, 9.17) is 7.85 Å². The van der Waals surface area contributed by atoms with Crippen molar-refractivity contribution < 1.29 is 10.2 Å². The van der Waals surface area contributed by atoms with Crippen LogP contribution < -0.4 is 4.90 Å². The number of anilines is 1. The van der Waals surface area contributed by atoms with Crippen LogP contribution >= 0.6 is 0 Å². The third-order valence-electron chi connectivity index (χ3n) is 4.24. The van der Waals surface area contributed by atoms with E-state index >= 15 is 0 Å². The number of para-hydroxylation sites is 1. The number of benzene rings is 1. The molecule has 0 fully saturated rings. The highest BCUT2D eigenvalue weighted by atomic mass is 16.3. The summed E-state index contributed by atoms with van der Waals surface area (Å²) in [5.41, 5.74) is 3.66. The first-order valence-electron chi connectivity index (χ1n) is 6.54. The molecule has 0 amide bonds. The number of aliphatic hydroxyl groups is 2. The second kappa shape index (κ2) is 3.95. The molecule has 1 aliphatic heterocycles. The molecule has 20 heavy (non-hydrogen) atoms. The van der Waals surface area contributed by atoms with Crippen LogP contribution in [-0.4, -0.2) is 25.1 Å². The van der Waals surface area contributed by atoms with E-state index < -0.39 is 0 Å². The van der Waals surface area contributed by atoms with Crippen LogP contribution in [0, 0.1) is 0 Å². The van der Waals surface area contributed by atoms with Crippen molar-refractivity contribution in [3.8, 4) is 0 Å². The van der Waals surface area contributed by atoms with Gasteiger partial charge in [0.05, 0.1) is 5.57 Å². The Kier molecular flexibility index (Phi) is 2.55. The molecular weight excluding hydrogens is 249 g/mol. The van der Waals surface area contributed by atoms with E-state index in [1.54, 1.807) is 6.08 Å². The largest absolute Gasteiger partial charge is 0.508 e. The molecule has 0 bridgehead atoms. The summed E-state index contributed by atoms with van der Waals surface area (Å²) in [5.74, 6) is -0.0645. The van der Waals surface area contributed by atoms with Crippen LogP contribution in [0.1, 0.15) is 19.4 Å². The van der Waals surface area contributed by atoms with Crippen molar-refractivity contribution in [1.29, 1.82) is 0 Å². The number of fused-ring (bicyclic) bond motifs is 1. The van der Waals surface area contributed by atoms with Gasteiger partial charge in [-0.05, 0) is 23.2 Å². The molecule has 2 radical (unpaired) electrons. The quantitative estimate of drug-likeness (QED) is 0.767. The Hall–Kier alpha value is -2.10. The molecule has 0 aromatic heterocycles. The van der Waals surface area contributed by atoms with Crippen molar-refractivity contribution >= 4 is 13.5 Å². The molecule has 0 saturated carbocycles. The lowest BCUT2D eigenvalue weighted by molar-refractivity contribution is 0.359. The Morgan fingerprint density at radius 3 is 2.40 bits per heavy atom. The highest BCUT2D eigenvalue weighted by Crippen LogP contribution is 2.48. The third-order valence-corrected chi connectivity index (χ3v) is 4.24. The number of nitrogens with zero attached hydrogens (tertiary/aromatic N) is 1. The molecule has 3 nitrogen and oxygen atoms in total. The van der Waals surface area contributed by atoms with Crippen LogP contribution in [0.3, 0.4) is 0 Å². The summed E-state index contributed by atoms with van der Waals surface area (Å²) < 4.78 is 0. The highest BCUT2D eigenvalue weighted by Gasteiger charge is 2.39. The average molecular weight is 265 g/mol. The van der Waals surface area contributed by atoms with Gasteiger partial charge in [0, 0.05) is 23.8 Å². The maximum Gasteiger partial charge on any atom is 0.124 e. The van der Waals surface area contributed by atoms with Crippen molar-refractivity contribution in [1.82, 2.24) is 0 Å². The Morgan fingerprint density at radius 1 is 1.15 bits per heavy atom. The third kappa shape index (κ3) is 1.48. The number of likely N-dealkylation sites (N-methyl/N-ethyl adjacent to an activating group) is 1. The first kappa shape index (κ1) is 12.9. The Bertz CT molecular complexity index is 698. The summed E-state index contributed by atoms with van der Waals surface area (Å²) in [5, 5.41) is 19.5. The fourth-order valence-corrected chi connectivity index (χ4v) is 2.98. The van der Waals surface area contributed by atoms with Gasteiger partial charge in [-0.15, -0.1) is 0 Å². The molecular formula is C16H16BNO2. The van der Waals surface area contributed by atoms with Crippen LogP contribution in [0.5, 0.6) is 0 Å². The number of hydrogen-bond acceptors (Lipinski definition) is 3. The van der Waals surface area contributed by atoms with Gasteiger partial charge < -0.3 is 15.1 Å². The predicted molar refractivity (Wildman–Crippen MR) is 81.0 cm³/mol. The van der Waals surface area contributed by atoms with Crippen molar-refractivity contribution in [2.75, 3.05) is 11.9 Å². The molecule has 0 saturated heterocycles.